The molecule has 0 aliphatic heterocycles. The van der Waals surface area contributed by atoms with Crippen LogP contribution in [-0.2, 0) is 27.3 Å². The Kier molecular flexibility index (Phi) is 18.1. The lowest BCUT2D eigenvalue weighted by molar-refractivity contribution is -0.166. The highest BCUT2D eigenvalue weighted by atomic mass is 28.2. The number of unbranched alkanes of at least 4 members (excludes halogenated alkanes) is 1. The Morgan fingerprint density at radius 3 is 1.62 bits per heavy atom. The summed E-state index contributed by atoms with van der Waals surface area (Å²) in [4.78, 5) is 26.9. The number of aliphatic carboxylic acids is 1. The topological polar surface area (TPSA) is 91.3 Å². The van der Waals surface area contributed by atoms with Crippen molar-refractivity contribution < 1.29 is 32.4 Å². The molecule has 11 heteroatoms. The maximum absolute atomic E-state index is 14.7. The van der Waals surface area contributed by atoms with Crippen LogP contribution in [0, 0.1) is 39.9 Å². The molecule has 40 heavy (non-hydrogen) atoms. The van der Waals surface area contributed by atoms with Crippen molar-refractivity contribution in [3.63, 3.8) is 0 Å². The van der Waals surface area contributed by atoms with E-state index in [2.05, 4.69) is 40.4 Å². The Morgan fingerprint density at radius 2 is 1.25 bits per heavy atom. The van der Waals surface area contributed by atoms with Gasteiger partial charge in [0.25, 0.3) is 0 Å². The summed E-state index contributed by atoms with van der Waals surface area (Å²) in [5.74, 6) is -1.41. The van der Waals surface area contributed by atoms with Crippen LogP contribution in [0.3, 0.4) is 0 Å². The molecular weight excluding hydrogens is 573 g/mol. The molecule has 0 radical (unpaired) electrons. The van der Waals surface area contributed by atoms with Crippen LogP contribution in [0.25, 0.3) is 0 Å². The van der Waals surface area contributed by atoms with E-state index >= 15 is 0 Å². The van der Waals surface area contributed by atoms with Crippen molar-refractivity contribution in [3.05, 3.63) is 12.7 Å². The number of carboxylic acids is 1. The molecule has 0 fully saturated rings. The van der Waals surface area contributed by atoms with Crippen LogP contribution in [0.15, 0.2) is 12.7 Å². The van der Waals surface area contributed by atoms with Gasteiger partial charge in [-0.3, -0.25) is 9.59 Å². The first-order chi connectivity index (χ1) is 18.5. The molecule has 0 aromatic rings. The fraction of sp³-hybridized carbons (Fsp3) is 0.862. The molecule has 0 aliphatic rings. The van der Waals surface area contributed by atoms with Gasteiger partial charge in [0, 0.05) is 28.6 Å². The SMILES string of the molecule is C=CCCCC(C)C(C(C)C(=O)C(C)(C)C(CC(=O)O)C(C)(C)C(O[SiH2]C)O[SiH2]C)C(C)(C)C(O[SiH2]C)O[SiH2]C. The molecule has 1 N–H and O–H groups in total. The van der Waals surface area contributed by atoms with Gasteiger partial charge in [-0.15, -0.1) is 6.58 Å². The first-order valence-electron chi connectivity index (χ1n) is 15.3. The summed E-state index contributed by atoms with van der Waals surface area (Å²) < 4.78 is 24.8. The standard InChI is InChI=1S/C29H62O7Si4/c1-14-15-16-17-19(2)23(29(8,9)26(35-39-12)36-40-13)20(3)24(32)27(4,5)21(18-22(30)31)28(6,7)25(33-37-10)34-38-11/h14,19-21,23,25-26H,1,15-18,37-40H2,2-13H3,(H,30,31). The average molecular weight is 635 g/mol. The van der Waals surface area contributed by atoms with Gasteiger partial charge in [0.1, 0.15) is 18.4 Å². The number of Topliss-reactive ketones (excluding diaryl/α,β-unsaturated/α-hetero) is 1. The van der Waals surface area contributed by atoms with Crippen LogP contribution in [0.1, 0.15) is 81.1 Å². The summed E-state index contributed by atoms with van der Waals surface area (Å²) in [6.07, 6.45) is 3.88. The zero-order chi connectivity index (χ0) is 31.3. The minimum atomic E-state index is -0.928. The third kappa shape index (κ3) is 10.7. The Hall–Kier alpha value is -0.412. The molecule has 4 atom stereocenters. The Balaban J connectivity index is 6.79. The maximum Gasteiger partial charge on any atom is 0.303 e. The highest BCUT2D eigenvalue weighted by Gasteiger charge is 2.54. The van der Waals surface area contributed by atoms with E-state index in [9.17, 15) is 14.7 Å². The second-order valence-corrected chi connectivity index (χ2v) is 16.5. The van der Waals surface area contributed by atoms with Crippen molar-refractivity contribution in [2.24, 2.45) is 39.9 Å². The fourth-order valence-corrected chi connectivity index (χ4v) is 10.8. The molecule has 0 rings (SSSR count). The largest absolute Gasteiger partial charge is 0.481 e. The molecule has 4 unspecified atom stereocenters. The smallest absolute Gasteiger partial charge is 0.303 e. The predicted octanol–water partition coefficient (Wildman–Crippen LogP) is 4.22. The maximum atomic E-state index is 14.7. The van der Waals surface area contributed by atoms with E-state index in [4.69, 9.17) is 17.7 Å². The molecule has 0 aliphatic carbocycles. The molecular formula is C29H62O7Si4. The minimum absolute atomic E-state index is 0.0156. The molecule has 0 spiro atoms. The van der Waals surface area contributed by atoms with Crippen molar-refractivity contribution in [1.82, 2.24) is 0 Å². The summed E-state index contributed by atoms with van der Waals surface area (Å²) >= 11 is 0. The van der Waals surface area contributed by atoms with E-state index < -0.39 is 73.5 Å². The van der Waals surface area contributed by atoms with Gasteiger partial charge >= 0.3 is 5.97 Å². The second-order valence-electron chi connectivity index (χ2n) is 12.9. The summed E-state index contributed by atoms with van der Waals surface area (Å²) in [7, 11) is -3.08. The number of ketones is 1. The molecule has 7 nitrogen and oxygen atoms in total. The van der Waals surface area contributed by atoms with Crippen molar-refractivity contribution >= 4 is 50.8 Å². The molecule has 0 amide bonds. The lowest BCUT2D eigenvalue weighted by Crippen LogP contribution is -2.54. The van der Waals surface area contributed by atoms with Crippen LogP contribution >= 0.6 is 0 Å². The van der Waals surface area contributed by atoms with Gasteiger partial charge in [-0.05, 0) is 30.6 Å². The quantitative estimate of drug-likeness (QED) is 0.0779. The van der Waals surface area contributed by atoms with E-state index in [1.807, 2.05) is 53.8 Å². The molecule has 0 bridgehead atoms. The first-order valence-corrected chi connectivity index (χ1v) is 23.3. The Bertz CT molecular complexity index is 763. The summed E-state index contributed by atoms with van der Waals surface area (Å²) in [6.45, 7) is 28.7. The summed E-state index contributed by atoms with van der Waals surface area (Å²) in [5.41, 5.74) is -2.00. The van der Waals surface area contributed by atoms with E-state index in [0.29, 0.717) is 0 Å². The Labute approximate surface area is 255 Å². The highest BCUT2D eigenvalue weighted by Crippen LogP contribution is 2.51. The zero-order valence-electron chi connectivity index (χ0n) is 27.8. The Morgan fingerprint density at radius 1 is 0.825 bits per heavy atom. The van der Waals surface area contributed by atoms with Crippen molar-refractivity contribution in [3.8, 4) is 0 Å². The van der Waals surface area contributed by atoms with Gasteiger partial charge in [-0.25, -0.2) is 0 Å². The molecule has 0 aromatic heterocycles. The molecule has 236 valence electrons. The zero-order valence-corrected chi connectivity index (χ0v) is 33.5. The van der Waals surface area contributed by atoms with Crippen LogP contribution in [-0.4, -0.2) is 68.5 Å². The number of rotatable bonds is 23. The van der Waals surface area contributed by atoms with Gasteiger partial charge in [-0.2, -0.15) is 0 Å². The number of hydrogen-bond donors (Lipinski definition) is 1. The van der Waals surface area contributed by atoms with E-state index in [0.717, 1.165) is 19.3 Å². The van der Waals surface area contributed by atoms with Crippen molar-refractivity contribution in [1.29, 1.82) is 0 Å². The van der Waals surface area contributed by atoms with Gasteiger partial charge in [0.05, 0.1) is 0 Å². The lowest BCUT2D eigenvalue weighted by atomic mass is 9.56. The van der Waals surface area contributed by atoms with Gasteiger partial charge in [0.15, 0.2) is 39.1 Å². The summed E-state index contributed by atoms with van der Waals surface area (Å²) in [6, 6.07) is 0. The van der Waals surface area contributed by atoms with Gasteiger partial charge in [0.2, 0.25) is 0 Å². The van der Waals surface area contributed by atoms with Crippen molar-refractivity contribution in [2.45, 2.75) is 120 Å². The minimum Gasteiger partial charge on any atom is -0.481 e. The number of allylic oxidation sites excluding steroid dienone is 1. The number of carbonyl (C=O) groups is 2. The van der Waals surface area contributed by atoms with Crippen LogP contribution < -0.4 is 0 Å². The fourth-order valence-electron chi connectivity index (χ4n) is 7.06. The first kappa shape index (κ1) is 39.6. The van der Waals surface area contributed by atoms with E-state index in [1.165, 1.54) is 0 Å². The normalized spacial score (nSPS) is 18.7. The highest BCUT2D eigenvalue weighted by molar-refractivity contribution is 6.26. The number of carboxylic acid groups (broad SMARTS) is 1. The molecule has 0 aromatic carbocycles. The van der Waals surface area contributed by atoms with Crippen LogP contribution in [0.4, 0.5) is 0 Å². The van der Waals surface area contributed by atoms with Gasteiger partial charge < -0.3 is 22.8 Å². The molecule has 0 saturated carbocycles. The molecule has 0 heterocycles. The van der Waals surface area contributed by atoms with Crippen LogP contribution in [0.2, 0.25) is 26.2 Å². The van der Waals surface area contributed by atoms with Gasteiger partial charge in [-0.1, -0.05) is 94.1 Å². The second kappa shape index (κ2) is 18.3. The third-order valence-electron chi connectivity index (χ3n) is 8.76. The van der Waals surface area contributed by atoms with E-state index in [-0.39, 0.29) is 36.2 Å². The number of carbonyl (C=O) groups excluding carboxylic acids is 1. The van der Waals surface area contributed by atoms with Crippen LogP contribution in [0.5, 0.6) is 0 Å². The third-order valence-corrected chi connectivity index (χ3v) is 11.3. The number of hydrogen-bond acceptors (Lipinski definition) is 6. The lowest BCUT2D eigenvalue weighted by Gasteiger charge is -2.50. The molecule has 0 saturated heterocycles. The monoisotopic (exact) mass is 634 g/mol. The average Bonchev–Trinajstić information content (AvgIpc) is 2.86. The van der Waals surface area contributed by atoms with Crippen molar-refractivity contribution in [2.75, 3.05) is 0 Å². The van der Waals surface area contributed by atoms with E-state index in [1.54, 1.807) is 0 Å². The predicted molar refractivity (Wildman–Crippen MR) is 178 cm³/mol. The summed E-state index contributed by atoms with van der Waals surface area (Å²) in [5, 5.41) is 10.0.